The molecule has 6 rings (SSSR count). The highest BCUT2D eigenvalue weighted by Gasteiger charge is 2.17. The number of rotatable bonds is 4. The number of fused-ring (bicyclic) bond motifs is 3. The molecule has 0 unspecified atom stereocenters. The van der Waals surface area contributed by atoms with Gasteiger partial charge in [0.25, 0.3) is 0 Å². The van der Waals surface area contributed by atoms with Crippen LogP contribution in [0.15, 0.2) is 115 Å². The Bertz CT molecular complexity index is 1670. The summed E-state index contributed by atoms with van der Waals surface area (Å²) in [4.78, 5) is 9.44. The van der Waals surface area contributed by atoms with Crippen LogP contribution in [0.4, 0.5) is 5.69 Å². The SMILES string of the molecule is C=Cc1ccc2ccc(-c3c4ccccc4c(-c4ccccc4)c4ccccc34)nc2c1N=C. The van der Waals surface area contributed by atoms with Crippen molar-refractivity contribution in [2.24, 2.45) is 4.99 Å². The molecule has 0 bridgehead atoms. The van der Waals surface area contributed by atoms with E-state index in [-0.39, 0.29) is 0 Å². The summed E-state index contributed by atoms with van der Waals surface area (Å²) in [6.45, 7) is 7.73. The minimum Gasteiger partial charge on any atom is -0.262 e. The van der Waals surface area contributed by atoms with Crippen molar-refractivity contribution in [2.75, 3.05) is 0 Å². The molecular weight excluding hydrogens is 412 g/mol. The van der Waals surface area contributed by atoms with E-state index in [2.05, 4.69) is 115 Å². The van der Waals surface area contributed by atoms with Gasteiger partial charge in [0, 0.05) is 16.5 Å². The highest BCUT2D eigenvalue weighted by molar-refractivity contribution is 6.21. The van der Waals surface area contributed by atoms with E-state index in [1.807, 2.05) is 6.07 Å². The third-order valence-corrected chi connectivity index (χ3v) is 6.49. The maximum Gasteiger partial charge on any atom is 0.0971 e. The molecule has 0 aliphatic heterocycles. The first-order valence-corrected chi connectivity index (χ1v) is 11.3. The first kappa shape index (κ1) is 20.1. The molecule has 0 spiro atoms. The largest absolute Gasteiger partial charge is 0.262 e. The lowest BCUT2D eigenvalue weighted by molar-refractivity contribution is 1.39. The van der Waals surface area contributed by atoms with Crippen LogP contribution in [-0.2, 0) is 0 Å². The van der Waals surface area contributed by atoms with Crippen LogP contribution in [0.5, 0.6) is 0 Å². The van der Waals surface area contributed by atoms with Crippen LogP contribution in [-0.4, -0.2) is 11.7 Å². The van der Waals surface area contributed by atoms with Crippen molar-refractivity contribution in [3.8, 4) is 22.4 Å². The number of pyridine rings is 1. The van der Waals surface area contributed by atoms with Crippen LogP contribution < -0.4 is 0 Å². The van der Waals surface area contributed by atoms with Crippen LogP contribution >= 0.6 is 0 Å². The molecule has 1 aromatic heterocycles. The molecule has 0 N–H and O–H groups in total. The van der Waals surface area contributed by atoms with E-state index in [1.54, 1.807) is 6.08 Å². The lowest BCUT2D eigenvalue weighted by Crippen LogP contribution is -1.93. The second-order valence-corrected chi connectivity index (χ2v) is 8.34. The first-order valence-electron chi connectivity index (χ1n) is 11.3. The van der Waals surface area contributed by atoms with E-state index in [9.17, 15) is 0 Å². The molecule has 0 saturated carbocycles. The molecule has 2 nitrogen and oxygen atoms in total. The zero-order valence-corrected chi connectivity index (χ0v) is 18.7. The topological polar surface area (TPSA) is 25.2 Å². The predicted octanol–water partition coefficient (Wildman–Crippen LogP) is 8.85. The van der Waals surface area contributed by atoms with E-state index in [0.717, 1.165) is 33.4 Å². The molecule has 0 radical (unpaired) electrons. The first-order chi connectivity index (χ1) is 16.8. The van der Waals surface area contributed by atoms with Crippen LogP contribution in [0.2, 0.25) is 0 Å². The third kappa shape index (κ3) is 3.04. The van der Waals surface area contributed by atoms with E-state index in [1.165, 1.54) is 32.7 Å². The molecule has 0 aliphatic rings. The molecule has 2 heteroatoms. The van der Waals surface area contributed by atoms with Crippen LogP contribution in [0.1, 0.15) is 5.56 Å². The minimum absolute atomic E-state index is 0.767. The normalized spacial score (nSPS) is 11.2. The molecule has 5 aromatic carbocycles. The Labute approximate surface area is 198 Å². The van der Waals surface area contributed by atoms with Gasteiger partial charge in [-0.2, -0.15) is 0 Å². The van der Waals surface area contributed by atoms with Gasteiger partial charge < -0.3 is 0 Å². The highest BCUT2D eigenvalue weighted by Crippen LogP contribution is 2.43. The van der Waals surface area contributed by atoms with E-state index >= 15 is 0 Å². The smallest absolute Gasteiger partial charge is 0.0971 e. The number of aromatic nitrogens is 1. The fourth-order valence-corrected chi connectivity index (χ4v) is 4.98. The molecule has 34 heavy (non-hydrogen) atoms. The summed E-state index contributed by atoms with van der Waals surface area (Å²) in [5.74, 6) is 0. The van der Waals surface area contributed by atoms with E-state index in [0.29, 0.717) is 0 Å². The Kier molecular flexibility index (Phi) is 4.78. The Morgan fingerprint density at radius 1 is 0.618 bits per heavy atom. The maximum atomic E-state index is 5.15. The van der Waals surface area contributed by atoms with Crippen LogP contribution in [0.3, 0.4) is 0 Å². The summed E-state index contributed by atoms with van der Waals surface area (Å²) in [5.41, 5.74) is 7.05. The average molecular weight is 435 g/mol. The number of benzene rings is 5. The van der Waals surface area contributed by atoms with Crippen LogP contribution in [0, 0.1) is 0 Å². The van der Waals surface area contributed by atoms with Crippen molar-refractivity contribution in [1.29, 1.82) is 0 Å². The van der Waals surface area contributed by atoms with Gasteiger partial charge in [-0.3, -0.25) is 4.99 Å². The lowest BCUT2D eigenvalue weighted by atomic mass is 9.87. The van der Waals surface area contributed by atoms with Crippen molar-refractivity contribution in [2.45, 2.75) is 0 Å². The van der Waals surface area contributed by atoms with Gasteiger partial charge in [-0.05, 0) is 45.5 Å². The molecule has 0 atom stereocenters. The second-order valence-electron chi connectivity index (χ2n) is 8.34. The Hall–Kier alpha value is -4.56. The molecule has 0 saturated heterocycles. The van der Waals surface area contributed by atoms with Gasteiger partial charge in [-0.15, -0.1) is 0 Å². The van der Waals surface area contributed by atoms with Gasteiger partial charge in [0.05, 0.1) is 16.9 Å². The Morgan fingerprint density at radius 3 is 1.76 bits per heavy atom. The maximum absolute atomic E-state index is 5.15. The predicted molar refractivity (Wildman–Crippen MR) is 147 cm³/mol. The van der Waals surface area contributed by atoms with Gasteiger partial charge in [0.15, 0.2) is 0 Å². The zero-order valence-electron chi connectivity index (χ0n) is 18.7. The van der Waals surface area contributed by atoms with Gasteiger partial charge in [-0.25, -0.2) is 4.98 Å². The Morgan fingerprint density at radius 2 is 1.18 bits per heavy atom. The molecule has 0 fully saturated rings. The fourth-order valence-electron chi connectivity index (χ4n) is 4.98. The van der Waals surface area contributed by atoms with E-state index < -0.39 is 0 Å². The molecule has 160 valence electrons. The van der Waals surface area contributed by atoms with E-state index in [4.69, 9.17) is 4.98 Å². The average Bonchev–Trinajstić information content (AvgIpc) is 2.91. The molecule has 6 aromatic rings. The number of hydrogen-bond donors (Lipinski definition) is 0. The summed E-state index contributed by atoms with van der Waals surface area (Å²) < 4.78 is 0. The summed E-state index contributed by atoms with van der Waals surface area (Å²) in [7, 11) is 0. The van der Waals surface area contributed by atoms with Crippen molar-refractivity contribution in [3.63, 3.8) is 0 Å². The quantitative estimate of drug-likeness (QED) is 0.201. The number of hydrogen-bond acceptors (Lipinski definition) is 2. The van der Waals surface area contributed by atoms with Crippen molar-refractivity contribution in [3.05, 3.63) is 115 Å². The molecule has 1 heterocycles. The monoisotopic (exact) mass is 434 g/mol. The summed E-state index contributed by atoms with van der Waals surface area (Å²) >= 11 is 0. The van der Waals surface area contributed by atoms with Crippen molar-refractivity contribution >= 4 is 50.9 Å². The van der Waals surface area contributed by atoms with Crippen molar-refractivity contribution < 1.29 is 0 Å². The van der Waals surface area contributed by atoms with Gasteiger partial charge in [0.2, 0.25) is 0 Å². The van der Waals surface area contributed by atoms with Gasteiger partial charge in [0.1, 0.15) is 0 Å². The summed E-state index contributed by atoms with van der Waals surface area (Å²) in [6, 6.07) is 36.1. The molecule has 0 aliphatic carbocycles. The van der Waals surface area contributed by atoms with Crippen molar-refractivity contribution in [1.82, 2.24) is 4.98 Å². The highest BCUT2D eigenvalue weighted by atomic mass is 14.8. The van der Waals surface area contributed by atoms with Gasteiger partial charge >= 0.3 is 0 Å². The summed E-state index contributed by atoms with van der Waals surface area (Å²) in [5, 5.41) is 5.82. The van der Waals surface area contributed by atoms with Crippen LogP contribution in [0.25, 0.3) is 60.9 Å². The summed E-state index contributed by atoms with van der Waals surface area (Å²) in [6.07, 6.45) is 1.80. The Balaban J connectivity index is 1.77. The van der Waals surface area contributed by atoms with Gasteiger partial charge in [-0.1, -0.05) is 110 Å². The molecular formula is C32H22N2. The third-order valence-electron chi connectivity index (χ3n) is 6.49. The minimum atomic E-state index is 0.767. The lowest BCUT2D eigenvalue weighted by Gasteiger charge is -2.17. The fraction of sp³-hybridized carbons (Fsp3) is 0. The molecule has 0 amide bonds. The number of aliphatic imine (C=N–C) groups is 1. The second kappa shape index (κ2) is 8.09. The standard InChI is InChI=1S/C32H22N2/c1-3-21-17-18-23-19-20-28(34-32(23)31(21)33-2)30-26-15-9-7-13-24(26)29(22-11-5-4-6-12-22)25-14-8-10-16-27(25)30/h3-20H,1-2H2. The number of nitrogens with zero attached hydrogens (tertiary/aromatic N) is 2. The zero-order chi connectivity index (χ0) is 23.1.